The van der Waals surface area contributed by atoms with Crippen molar-refractivity contribution in [2.45, 2.75) is 20.3 Å². The molecule has 11 heavy (non-hydrogen) atoms. The molecular weight excluding hydrogens is 140 g/mol. The lowest BCUT2D eigenvalue weighted by Gasteiger charge is -2.26. The minimum atomic E-state index is -0.170. The summed E-state index contributed by atoms with van der Waals surface area (Å²) in [7, 11) is 0. The Hall–Kier alpha value is -0.760. The van der Waals surface area contributed by atoms with Crippen molar-refractivity contribution in [3.63, 3.8) is 0 Å². The Morgan fingerprint density at radius 3 is 2.73 bits per heavy atom. The molecular formula is C9H14O2. The number of rotatable bonds is 1. The van der Waals surface area contributed by atoms with Crippen molar-refractivity contribution in [3.05, 3.63) is 23.5 Å². The first kappa shape index (κ1) is 8.34. The lowest BCUT2D eigenvalue weighted by molar-refractivity contribution is 0.179. The molecule has 0 saturated carbocycles. The third kappa shape index (κ3) is 1.63. The van der Waals surface area contributed by atoms with Gasteiger partial charge in [0.25, 0.3) is 0 Å². The van der Waals surface area contributed by atoms with E-state index in [0.29, 0.717) is 5.76 Å². The molecule has 0 radical (unpaired) electrons. The van der Waals surface area contributed by atoms with E-state index in [4.69, 9.17) is 5.11 Å². The van der Waals surface area contributed by atoms with Gasteiger partial charge in [0.2, 0.25) is 0 Å². The molecule has 2 nitrogen and oxygen atoms in total. The lowest BCUT2D eigenvalue weighted by Crippen LogP contribution is -2.21. The summed E-state index contributed by atoms with van der Waals surface area (Å²) in [6.45, 7) is 3.99. The van der Waals surface area contributed by atoms with Crippen molar-refractivity contribution in [1.82, 2.24) is 0 Å². The zero-order chi connectivity index (χ0) is 8.48. The molecule has 62 valence electrons. The van der Waals surface area contributed by atoms with Crippen LogP contribution >= 0.6 is 0 Å². The molecule has 0 aromatic heterocycles. The summed E-state index contributed by atoms with van der Waals surface area (Å²) in [5, 5.41) is 18.2. The van der Waals surface area contributed by atoms with Crippen molar-refractivity contribution in [2.75, 3.05) is 6.61 Å². The number of hydrogen-bond donors (Lipinski definition) is 2. The molecule has 0 aromatic rings. The van der Waals surface area contributed by atoms with Crippen molar-refractivity contribution in [3.8, 4) is 0 Å². The Bertz CT molecular complexity index is 216. The number of aliphatic hydroxyl groups is 2. The molecule has 0 saturated heterocycles. The molecule has 0 aliphatic heterocycles. The Labute approximate surface area is 66.9 Å². The van der Waals surface area contributed by atoms with Gasteiger partial charge in [-0.25, -0.2) is 0 Å². The summed E-state index contributed by atoms with van der Waals surface area (Å²) in [5.74, 6) is 0.343. The largest absolute Gasteiger partial charge is 0.508 e. The SMILES string of the molecule is CC1=C(O)C=CC(C)(CO)C1. The Morgan fingerprint density at radius 1 is 1.64 bits per heavy atom. The Kier molecular flexibility index (Phi) is 2.05. The van der Waals surface area contributed by atoms with Crippen LogP contribution in [0, 0.1) is 5.41 Å². The number of hydrogen-bond acceptors (Lipinski definition) is 2. The summed E-state index contributed by atoms with van der Waals surface area (Å²) in [5.41, 5.74) is 0.778. The van der Waals surface area contributed by atoms with E-state index in [0.717, 1.165) is 12.0 Å². The summed E-state index contributed by atoms with van der Waals surface area (Å²) < 4.78 is 0. The molecule has 1 aliphatic rings. The molecule has 1 aliphatic carbocycles. The van der Waals surface area contributed by atoms with Gasteiger partial charge in [0.05, 0.1) is 6.61 Å². The van der Waals surface area contributed by atoms with Crippen LogP contribution in [0.4, 0.5) is 0 Å². The lowest BCUT2D eigenvalue weighted by atomic mass is 9.81. The minimum absolute atomic E-state index is 0.133. The summed E-state index contributed by atoms with van der Waals surface area (Å²) in [6, 6.07) is 0. The van der Waals surface area contributed by atoms with Crippen LogP contribution in [0.5, 0.6) is 0 Å². The smallest absolute Gasteiger partial charge is 0.114 e. The molecule has 0 bridgehead atoms. The second-order valence-electron chi connectivity index (χ2n) is 3.49. The van der Waals surface area contributed by atoms with E-state index < -0.39 is 0 Å². The van der Waals surface area contributed by atoms with Gasteiger partial charge in [0.15, 0.2) is 0 Å². The summed E-state index contributed by atoms with van der Waals surface area (Å²) >= 11 is 0. The average molecular weight is 154 g/mol. The molecule has 0 fully saturated rings. The molecule has 2 N–H and O–H groups in total. The molecule has 1 rings (SSSR count). The van der Waals surface area contributed by atoms with Crippen molar-refractivity contribution >= 4 is 0 Å². The van der Waals surface area contributed by atoms with E-state index in [-0.39, 0.29) is 12.0 Å². The highest BCUT2D eigenvalue weighted by Gasteiger charge is 2.24. The van der Waals surface area contributed by atoms with Crippen LogP contribution in [-0.4, -0.2) is 16.8 Å². The summed E-state index contributed by atoms with van der Waals surface area (Å²) in [6.07, 6.45) is 4.26. The van der Waals surface area contributed by atoms with E-state index in [1.54, 1.807) is 6.08 Å². The number of aliphatic hydroxyl groups excluding tert-OH is 2. The fourth-order valence-corrected chi connectivity index (χ4v) is 1.29. The molecule has 1 unspecified atom stereocenters. The zero-order valence-corrected chi connectivity index (χ0v) is 6.96. The highest BCUT2D eigenvalue weighted by atomic mass is 16.3. The molecule has 0 spiro atoms. The Morgan fingerprint density at radius 2 is 2.27 bits per heavy atom. The molecule has 2 heteroatoms. The monoisotopic (exact) mass is 154 g/mol. The first-order valence-electron chi connectivity index (χ1n) is 3.76. The minimum Gasteiger partial charge on any atom is -0.508 e. The van der Waals surface area contributed by atoms with Gasteiger partial charge in [-0.2, -0.15) is 0 Å². The van der Waals surface area contributed by atoms with Gasteiger partial charge >= 0.3 is 0 Å². The van der Waals surface area contributed by atoms with Gasteiger partial charge in [0, 0.05) is 5.41 Å². The predicted octanol–water partition coefficient (Wildman–Crippen LogP) is 1.78. The maximum Gasteiger partial charge on any atom is 0.114 e. The highest BCUT2D eigenvalue weighted by molar-refractivity contribution is 5.26. The van der Waals surface area contributed by atoms with Crippen LogP contribution < -0.4 is 0 Å². The van der Waals surface area contributed by atoms with E-state index in [9.17, 15) is 5.11 Å². The highest BCUT2D eigenvalue weighted by Crippen LogP contribution is 2.32. The first-order chi connectivity index (χ1) is 5.07. The third-order valence-corrected chi connectivity index (χ3v) is 2.11. The Balaban J connectivity index is 2.81. The fourth-order valence-electron chi connectivity index (χ4n) is 1.29. The maximum absolute atomic E-state index is 9.22. The van der Waals surface area contributed by atoms with Crippen LogP contribution in [0.15, 0.2) is 23.5 Å². The van der Waals surface area contributed by atoms with Crippen molar-refractivity contribution in [1.29, 1.82) is 0 Å². The summed E-state index contributed by atoms with van der Waals surface area (Å²) in [4.78, 5) is 0. The molecule has 0 aromatic carbocycles. The van der Waals surface area contributed by atoms with Crippen LogP contribution in [0.25, 0.3) is 0 Å². The quantitative estimate of drug-likeness (QED) is 0.604. The third-order valence-electron chi connectivity index (χ3n) is 2.11. The van der Waals surface area contributed by atoms with Crippen molar-refractivity contribution < 1.29 is 10.2 Å². The van der Waals surface area contributed by atoms with Gasteiger partial charge in [-0.3, -0.25) is 0 Å². The molecule has 0 heterocycles. The van der Waals surface area contributed by atoms with Gasteiger partial charge in [-0.15, -0.1) is 0 Å². The van der Waals surface area contributed by atoms with E-state index in [1.165, 1.54) is 0 Å². The van der Waals surface area contributed by atoms with Crippen LogP contribution in [0.2, 0.25) is 0 Å². The fraction of sp³-hybridized carbons (Fsp3) is 0.556. The molecule has 0 amide bonds. The second kappa shape index (κ2) is 2.70. The topological polar surface area (TPSA) is 40.5 Å². The normalized spacial score (nSPS) is 31.2. The standard InChI is InChI=1S/C9H14O2/c1-7-5-9(2,6-10)4-3-8(7)11/h3-4,10-11H,5-6H2,1-2H3. The van der Waals surface area contributed by atoms with E-state index >= 15 is 0 Å². The molecule has 1 atom stereocenters. The van der Waals surface area contributed by atoms with Crippen LogP contribution in [0.1, 0.15) is 20.3 Å². The van der Waals surface area contributed by atoms with Crippen LogP contribution in [0.3, 0.4) is 0 Å². The first-order valence-corrected chi connectivity index (χ1v) is 3.76. The van der Waals surface area contributed by atoms with Gasteiger partial charge in [-0.1, -0.05) is 13.0 Å². The predicted molar refractivity (Wildman–Crippen MR) is 44.3 cm³/mol. The number of allylic oxidation sites excluding steroid dienone is 2. The van der Waals surface area contributed by atoms with Gasteiger partial charge < -0.3 is 10.2 Å². The zero-order valence-electron chi connectivity index (χ0n) is 6.96. The van der Waals surface area contributed by atoms with Crippen molar-refractivity contribution in [2.24, 2.45) is 5.41 Å². The van der Waals surface area contributed by atoms with E-state index in [2.05, 4.69) is 0 Å². The van der Waals surface area contributed by atoms with Gasteiger partial charge in [0.1, 0.15) is 5.76 Å². The maximum atomic E-state index is 9.22. The van der Waals surface area contributed by atoms with E-state index in [1.807, 2.05) is 19.9 Å². The van der Waals surface area contributed by atoms with Crippen LogP contribution in [-0.2, 0) is 0 Å². The van der Waals surface area contributed by atoms with Gasteiger partial charge in [-0.05, 0) is 25.0 Å². The second-order valence-corrected chi connectivity index (χ2v) is 3.49. The average Bonchev–Trinajstić information content (AvgIpc) is 1.98.